The van der Waals surface area contributed by atoms with E-state index in [2.05, 4.69) is 146 Å². The van der Waals surface area contributed by atoms with Crippen LogP contribution < -0.4 is 14.5 Å². The summed E-state index contributed by atoms with van der Waals surface area (Å²) in [5, 5.41) is 1.23. The van der Waals surface area contributed by atoms with Crippen LogP contribution in [-0.4, -0.2) is 20.7 Å². The molecule has 0 amide bonds. The molecule has 13 rings (SSSR count). The summed E-state index contributed by atoms with van der Waals surface area (Å²) in [4.78, 5) is 9.33. The molecule has 1 aliphatic rings. The molecule has 12 aromatic rings. The number of aromatic nitrogens is 3. The zero-order valence-electron chi connectivity index (χ0n) is 60.5. The van der Waals surface area contributed by atoms with Crippen molar-refractivity contribution in [3.8, 4) is 39.5 Å². The fourth-order valence-electron chi connectivity index (χ4n) is 11.8. The fourth-order valence-corrected chi connectivity index (χ4v) is 11.8. The van der Waals surface area contributed by atoms with Gasteiger partial charge in [-0.1, -0.05) is 200 Å². The van der Waals surface area contributed by atoms with E-state index in [0.29, 0.717) is 46.5 Å². The third-order valence-corrected chi connectivity index (χ3v) is 16.4. The number of benzene rings is 9. The zero-order valence-corrected chi connectivity index (χ0v) is 51.8. The SMILES string of the molecule is [2H]c1c([2H])c([2H])c2c(c1[2H])c1c([2H])c([2H])c([2H])c([2H])c1n2-c1cc(OCc2[c-]c(N3[CH-]N(CCCCc4c(-c5cc(C(C)(C)C)cc(C(C)(C)C)c5)cccc4C([2H])([2H])[2H])c4cc(-c5ccccc5)ccc43)ccc2)[c-]c2c1c1ccccc1n2-c1cc(C(C)(C)C)ccn1.[Pt]. The van der Waals surface area contributed by atoms with Gasteiger partial charge in [0.15, 0.2) is 0 Å². The molecule has 0 atom stereocenters. The van der Waals surface area contributed by atoms with Crippen molar-refractivity contribution in [2.24, 2.45) is 0 Å². The third-order valence-electron chi connectivity index (χ3n) is 16.4. The van der Waals surface area contributed by atoms with Crippen molar-refractivity contribution in [1.82, 2.24) is 14.1 Å². The Labute approximate surface area is 532 Å². The summed E-state index contributed by atoms with van der Waals surface area (Å²) in [6, 6.07) is 52.1. The second-order valence-electron chi connectivity index (χ2n) is 25.2. The maximum atomic E-state index is 9.50. The summed E-state index contributed by atoms with van der Waals surface area (Å²) in [6.07, 6.45) is 3.82. The van der Waals surface area contributed by atoms with E-state index in [9.17, 15) is 5.48 Å². The molecule has 7 heteroatoms. The van der Waals surface area contributed by atoms with Gasteiger partial charge in [0.05, 0.1) is 28.6 Å². The van der Waals surface area contributed by atoms with E-state index >= 15 is 0 Å². The average molecular weight is 1300 g/mol. The Balaban J connectivity index is 0.00000881. The Hall–Kier alpha value is -8.18. The minimum atomic E-state index is -2.31. The topological polar surface area (TPSA) is 38.5 Å². The maximum absolute atomic E-state index is 9.50. The van der Waals surface area contributed by atoms with Gasteiger partial charge in [0.25, 0.3) is 0 Å². The summed E-state index contributed by atoms with van der Waals surface area (Å²) in [7, 11) is 0. The van der Waals surface area contributed by atoms with Gasteiger partial charge < -0.3 is 23.7 Å². The minimum absolute atomic E-state index is 0. The van der Waals surface area contributed by atoms with E-state index in [-0.39, 0.29) is 71.5 Å². The van der Waals surface area contributed by atoms with Gasteiger partial charge in [0.1, 0.15) is 5.82 Å². The molecule has 430 valence electrons. The minimum Gasteiger partial charge on any atom is -0.517 e. The number of hydrogen-bond acceptors (Lipinski definition) is 4. The quantitative estimate of drug-likeness (QED) is 0.0852. The molecule has 0 spiro atoms. The van der Waals surface area contributed by atoms with E-state index in [1.807, 2.05) is 83.4 Å². The molecule has 0 bridgehead atoms. The third kappa shape index (κ3) is 11.0. The first kappa shape index (κ1) is 45.2. The van der Waals surface area contributed by atoms with Gasteiger partial charge in [0.2, 0.25) is 0 Å². The van der Waals surface area contributed by atoms with Crippen LogP contribution in [0.3, 0.4) is 0 Å². The molecule has 0 unspecified atom stereocenters. The van der Waals surface area contributed by atoms with E-state index in [1.165, 1.54) is 11.1 Å². The number of nitrogens with zero attached hydrogens (tertiary/aromatic N) is 5. The first-order chi connectivity index (χ1) is 45.0. The van der Waals surface area contributed by atoms with E-state index in [1.54, 1.807) is 22.9 Å². The zero-order chi connectivity index (χ0) is 67.5. The Morgan fingerprint density at radius 2 is 1.26 bits per heavy atom. The molecule has 0 radical (unpaired) electrons. The average Bonchev–Trinajstić information content (AvgIpc) is 1.53. The summed E-state index contributed by atoms with van der Waals surface area (Å²) >= 11 is 0. The van der Waals surface area contributed by atoms with Crippen molar-refractivity contribution < 1.29 is 40.9 Å². The van der Waals surface area contributed by atoms with Crippen molar-refractivity contribution in [3.63, 3.8) is 0 Å². The standard InChI is InChI=1S/C78H74N5O.Pt/c1-52-24-22-33-63(56-43-58(77(5,6)7)46-59(44-56)78(8,9)10)62(52)29-20-21-41-80-51-81(70-38-37-55(45-71(70)80)54-26-12-11-13-27-54)60-28-23-25-53(42-60)50-84-61-48-72(82-67-34-17-14-30-64(67)65-31-15-18-35-68(65)82)75-66-32-16-19-36-69(66)83(73(75)49-61)74-47-57(39-40-79-74)76(2,3)4;/h11-19,22-28,30-40,43-48,51H,20-21,29,41,50H2,1-10H3;/q-3;/i1D3,14D,15D,17D,18D,30D,31D,34D,35D;. The molecule has 9 aromatic carbocycles. The smallest absolute Gasteiger partial charge is 0.135 e. The van der Waals surface area contributed by atoms with Crippen LogP contribution in [0, 0.1) is 25.7 Å². The van der Waals surface area contributed by atoms with E-state index in [4.69, 9.17) is 19.3 Å². The maximum Gasteiger partial charge on any atom is 0.135 e. The number of para-hydroxylation sites is 3. The first-order valence-electron chi connectivity index (χ1n) is 34.5. The van der Waals surface area contributed by atoms with Gasteiger partial charge in [0, 0.05) is 64.8 Å². The number of unbranched alkanes of at least 4 members (excludes halogenated alkanes) is 1. The summed E-state index contributed by atoms with van der Waals surface area (Å²) in [5.74, 6) is 0.820. The molecule has 0 saturated heterocycles. The molecule has 0 N–H and O–H groups in total. The molecular formula is C78H74N5OPt-3. The summed E-state index contributed by atoms with van der Waals surface area (Å²) in [6.45, 7) is 20.1. The van der Waals surface area contributed by atoms with Gasteiger partial charge in [-0.05, 0) is 152 Å². The van der Waals surface area contributed by atoms with E-state index in [0.717, 1.165) is 74.2 Å². The van der Waals surface area contributed by atoms with Crippen LogP contribution in [0.4, 0.5) is 17.1 Å². The predicted molar refractivity (Wildman–Crippen MR) is 353 cm³/mol. The Morgan fingerprint density at radius 1 is 0.565 bits per heavy atom. The normalized spacial score (nSPS) is 14.9. The van der Waals surface area contributed by atoms with Gasteiger partial charge in [-0.15, -0.1) is 23.4 Å². The summed E-state index contributed by atoms with van der Waals surface area (Å²) < 4.78 is 110. The molecule has 6 nitrogen and oxygen atoms in total. The van der Waals surface area contributed by atoms with Crippen molar-refractivity contribution in [1.29, 1.82) is 0 Å². The Morgan fingerprint density at radius 3 is 1.98 bits per heavy atom. The van der Waals surface area contributed by atoms with E-state index < -0.39 is 55.2 Å². The molecule has 0 fully saturated rings. The van der Waals surface area contributed by atoms with Crippen LogP contribution in [-0.2, 0) is 50.3 Å². The van der Waals surface area contributed by atoms with Crippen LogP contribution in [0.15, 0.2) is 200 Å². The molecule has 85 heavy (non-hydrogen) atoms. The number of pyridine rings is 1. The Bertz CT molecular complexity index is 4950. The van der Waals surface area contributed by atoms with Gasteiger partial charge in [-0.3, -0.25) is 0 Å². The van der Waals surface area contributed by atoms with Crippen LogP contribution in [0.2, 0.25) is 0 Å². The number of ether oxygens (including phenoxy) is 1. The van der Waals surface area contributed by atoms with Gasteiger partial charge >= 0.3 is 0 Å². The number of rotatable bonds is 13. The molecule has 0 aliphatic carbocycles. The molecule has 3 aromatic heterocycles. The van der Waals surface area contributed by atoms with Crippen LogP contribution in [0.1, 0.15) is 124 Å². The Kier molecular flexibility index (Phi) is 12.1. The predicted octanol–water partition coefficient (Wildman–Crippen LogP) is 20.1. The van der Waals surface area contributed by atoms with Gasteiger partial charge in [-0.25, -0.2) is 4.98 Å². The molecule has 0 saturated carbocycles. The van der Waals surface area contributed by atoms with Crippen molar-refractivity contribution in [3.05, 3.63) is 252 Å². The number of hydrogen-bond donors (Lipinski definition) is 0. The van der Waals surface area contributed by atoms with Crippen molar-refractivity contribution in [2.45, 2.75) is 111 Å². The second kappa shape index (κ2) is 22.7. The monoisotopic (exact) mass is 1300 g/mol. The van der Waals surface area contributed by atoms with Crippen LogP contribution >= 0.6 is 0 Å². The second-order valence-corrected chi connectivity index (χ2v) is 25.2. The van der Waals surface area contributed by atoms with Crippen molar-refractivity contribution in [2.75, 3.05) is 16.3 Å². The summed E-state index contributed by atoms with van der Waals surface area (Å²) in [5.41, 5.74) is 13.2. The molecule has 4 heterocycles. The van der Waals surface area contributed by atoms with Gasteiger partial charge in [-0.2, -0.15) is 30.9 Å². The molecule has 1 aliphatic heterocycles. The number of aryl methyl sites for hydroxylation is 1. The van der Waals surface area contributed by atoms with Crippen LogP contribution in [0.5, 0.6) is 5.75 Å². The number of fused-ring (bicyclic) bond motifs is 7. The van der Waals surface area contributed by atoms with Crippen molar-refractivity contribution >= 4 is 60.7 Å². The molecular weight excluding hydrogens is 1220 g/mol. The van der Waals surface area contributed by atoms with Crippen LogP contribution in [0.25, 0.3) is 77.4 Å². The first-order valence-corrected chi connectivity index (χ1v) is 29.0. The largest absolute Gasteiger partial charge is 0.517 e. The fraction of sp³-hybridized carbons (Fsp3) is 0.231. The number of anilines is 3.